The summed E-state index contributed by atoms with van der Waals surface area (Å²) in [5, 5.41) is 0.845. The van der Waals surface area contributed by atoms with Crippen LogP contribution in [0.15, 0.2) is 97.2 Å². The summed E-state index contributed by atoms with van der Waals surface area (Å²) >= 11 is 3.99. The van der Waals surface area contributed by atoms with Gasteiger partial charge in [-0.1, -0.05) is 159 Å². The first kappa shape index (κ1) is 114. The van der Waals surface area contributed by atoms with E-state index in [-0.39, 0.29) is 99.2 Å². The maximum atomic E-state index is 11.4. The normalized spacial score (nSPS) is 20.5. The molecule has 2 atom stereocenters. The van der Waals surface area contributed by atoms with Crippen molar-refractivity contribution < 1.29 is 66.8 Å². The van der Waals surface area contributed by atoms with Crippen molar-refractivity contribution in [3.05, 3.63) is 97.2 Å². The molecule has 8 heterocycles. The van der Waals surface area contributed by atoms with Crippen molar-refractivity contribution in [1.82, 2.24) is 39.2 Å². The van der Waals surface area contributed by atoms with Crippen LogP contribution in [0.2, 0.25) is 0 Å². The maximum Gasteiger partial charge on any atom is 0.157 e. The van der Waals surface area contributed by atoms with Crippen molar-refractivity contribution in [2.24, 2.45) is 53.3 Å². The van der Waals surface area contributed by atoms with Gasteiger partial charge in [-0.15, -0.1) is 0 Å². The summed E-state index contributed by atoms with van der Waals surface area (Å²) in [6, 6.07) is 0. The van der Waals surface area contributed by atoms with E-state index in [0.717, 1.165) is 188 Å². The van der Waals surface area contributed by atoms with Gasteiger partial charge >= 0.3 is 0 Å². The summed E-state index contributed by atoms with van der Waals surface area (Å²) < 4.78 is 31.5. The smallest absolute Gasteiger partial charge is 0.157 e. The van der Waals surface area contributed by atoms with Crippen LogP contribution in [0.4, 0.5) is 0 Å². The van der Waals surface area contributed by atoms with Crippen LogP contribution in [0.3, 0.4) is 0 Å². The fraction of sp³-hybridized carbons (Fsp3) is 0.753. The number of hydrogen-bond donors (Lipinski definition) is 0. The van der Waals surface area contributed by atoms with E-state index in [9.17, 15) is 38.4 Å². The monoisotopic (exact) mass is 1740 g/mol. The zero-order valence-corrected chi connectivity index (χ0v) is 81.4. The number of morpholine rings is 1. The summed E-state index contributed by atoms with van der Waals surface area (Å²) in [7, 11) is 8.79. The van der Waals surface area contributed by atoms with E-state index in [1.54, 1.807) is 84.2 Å². The highest BCUT2D eigenvalue weighted by Gasteiger charge is 2.38. The van der Waals surface area contributed by atoms with E-state index >= 15 is 0 Å². The highest BCUT2D eigenvalue weighted by atomic mass is 32.2. The molecular formula is C97H170N8O14S2. The number of nitrogens with zero attached hydrogens (tertiary/aromatic N) is 8. The topological polar surface area (TPSA) is 218 Å². The van der Waals surface area contributed by atoms with E-state index in [2.05, 4.69) is 52.4 Å². The van der Waals surface area contributed by atoms with Gasteiger partial charge in [-0.2, -0.15) is 23.5 Å². The minimum absolute atomic E-state index is 0.0237. The molecule has 0 bridgehead atoms. The Balaban J connectivity index is 0.000000692. The molecule has 24 heteroatoms. The fourth-order valence-corrected chi connectivity index (χ4v) is 14.8. The predicted molar refractivity (Wildman–Crippen MR) is 504 cm³/mol. The summed E-state index contributed by atoms with van der Waals surface area (Å²) in [6.45, 7) is 59.4. The van der Waals surface area contributed by atoms with Crippen LogP contribution in [-0.2, 0) is 66.8 Å². The average Bonchev–Trinajstić information content (AvgIpc) is 1.17. The molecule has 694 valence electrons. The van der Waals surface area contributed by atoms with Crippen molar-refractivity contribution in [3.8, 4) is 0 Å². The number of rotatable bonds is 39. The minimum atomic E-state index is 0.0237. The Hall–Kier alpha value is -4.58. The lowest BCUT2D eigenvalue weighted by Gasteiger charge is -2.46. The molecule has 0 aliphatic carbocycles. The number of carbonyl (C=O) groups excluding carboxylic acids is 8. The Kier molecular flexibility index (Phi) is 64.9. The number of ketones is 8. The number of likely N-dealkylation sites (tertiary alicyclic amines) is 6. The standard InChI is InChI=1S/3C13H23NO2.C13H23NOS.C12H21NO2.2C11H19NO2.C11H19NOS/c1-11(2)13(15)7-5-9-14-8-4-6-12(10-14)16-3;1-11(2)13(15)5-4-8-14-9-6-12(16-3)7-10-14;1-11(2)13(15)5-4-7-14-8-6-12(9-14)10-16-3;1-11(2)13(15)5-4-8-14-9-6-12(16-3)7-10-14;1-10(2)11(14)6-5-7-13-8-12(3,9-13)15-4;1-9(2)11(13)5-4-6-12-7-10(8-12)14-3;2*1-10(2)11(13)4-3-5-12-6-8-14-9-7-12/h5,7,11-12H,4,6,8-10H2,1-3H3;3*4-5,11-12H,6-10H2,1-3H3;5-6,10H,7-9H2,1-4H3;4-5,9-10H,6-8H2,1-3H3;2*3-4,10H,5-9H2,1-2H3/b7-5+;3*5-4+;6-5+;5-4+;2*4-3+/t;;12-;;;;;/m..0...../s1. The Bertz CT molecular complexity index is 2930. The zero-order chi connectivity index (χ0) is 90.7. The van der Waals surface area contributed by atoms with Crippen LogP contribution in [0.25, 0.3) is 0 Å². The molecule has 0 aromatic rings. The van der Waals surface area contributed by atoms with Crippen LogP contribution in [0, 0.1) is 53.3 Å². The van der Waals surface area contributed by atoms with Crippen LogP contribution in [0.1, 0.15) is 163 Å². The lowest BCUT2D eigenvalue weighted by molar-refractivity contribution is -0.118. The Labute approximate surface area is 744 Å². The quantitative estimate of drug-likeness (QED) is 0.0522. The van der Waals surface area contributed by atoms with Crippen molar-refractivity contribution in [3.63, 3.8) is 0 Å². The second-order valence-corrected chi connectivity index (χ2v) is 37.9. The summed E-state index contributed by atoms with van der Waals surface area (Å²) in [6.07, 6.45) is 41.2. The molecule has 8 saturated heterocycles. The first-order chi connectivity index (χ1) is 57.5. The summed E-state index contributed by atoms with van der Waals surface area (Å²) in [4.78, 5) is 109. The number of carbonyl (C=O) groups is 8. The Morgan fingerprint density at radius 3 is 0.983 bits per heavy atom. The van der Waals surface area contributed by atoms with Gasteiger partial charge < -0.3 is 28.4 Å². The van der Waals surface area contributed by atoms with E-state index in [0.29, 0.717) is 24.2 Å². The molecule has 0 amide bonds. The third-order valence-corrected chi connectivity index (χ3v) is 24.2. The second-order valence-electron chi connectivity index (χ2n) is 35.5. The average molecular weight is 1740 g/mol. The van der Waals surface area contributed by atoms with Gasteiger partial charge in [-0.05, 0) is 139 Å². The van der Waals surface area contributed by atoms with Gasteiger partial charge in [-0.25, -0.2) is 0 Å². The molecule has 0 aromatic carbocycles. The largest absolute Gasteiger partial charge is 0.384 e. The third-order valence-electron chi connectivity index (χ3n) is 22.1. The molecule has 0 saturated carbocycles. The van der Waals surface area contributed by atoms with Gasteiger partial charge in [0.05, 0.1) is 43.7 Å². The summed E-state index contributed by atoms with van der Waals surface area (Å²) in [5.41, 5.74) is 0.0237. The highest BCUT2D eigenvalue weighted by molar-refractivity contribution is 7.99. The van der Waals surface area contributed by atoms with Crippen molar-refractivity contribution in [2.75, 3.05) is 230 Å². The van der Waals surface area contributed by atoms with Crippen LogP contribution in [0.5, 0.6) is 0 Å². The van der Waals surface area contributed by atoms with Gasteiger partial charge in [-0.3, -0.25) is 77.6 Å². The zero-order valence-electron chi connectivity index (χ0n) is 79.8. The Morgan fingerprint density at radius 1 is 0.355 bits per heavy atom. The first-order valence-electron chi connectivity index (χ1n) is 45.2. The molecule has 8 aliphatic heterocycles. The number of allylic oxidation sites excluding steroid dienone is 8. The van der Waals surface area contributed by atoms with Crippen molar-refractivity contribution in [1.29, 1.82) is 0 Å². The molecule has 121 heavy (non-hydrogen) atoms. The highest BCUT2D eigenvalue weighted by Crippen LogP contribution is 2.24. The van der Waals surface area contributed by atoms with Gasteiger partial charge in [0, 0.05) is 231 Å². The van der Waals surface area contributed by atoms with Crippen molar-refractivity contribution in [2.45, 2.75) is 192 Å². The predicted octanol–water partition coefficient (Wildman–Crippen LogP) is 13.6. The molecule has 0 radical (unpaired) electrons. The first-order valence-corrected chi connectivity index (χ1v) is 47.7. The lowest BCUT2D eigenvalue weighted by atomic mass is 9.96. The Morgan fingerprint density at radius 2 is 0.653 bits per heavy atom. The van der Waals surface area contributed by atoms with Crippen molar-refractivity contribution >= 4 is 69.8 Å². The molecule has 22 nitrogen and oxygen atoms in total. The SMILES string of the molecule is CC(C)C(=O)/C=C/CN1CCOCC1.CC(C)C(=O)/C=C/CN1CCSCC1.COC1(C)CN(C/C=C/C(=O)C(C)C)C1.COC1CCCN(C/C=C/C(=O)C(C)C)C1.COC1CCN(C/C=C/C(=O)C(C)C)CC1.COC1CN(C/C=C/C(=O)C(C)C)C1.COC[C@H]1CCN(C/C=C/C(=O)C(C)C)C1.CSC1CCN(C/C=C/C(=O)C(C)C)CC1. The summed E-state index contributed by atoms with van der Waals surface area (Å²) in [5.74, 6) is 5.72. The fourth-order valence-electron chi connectivity index (χ4n) is 13.1. The molecule has 0 aromatic heterocycles. The van der Waals surface area contributed by atoms with E-state index in [1.807, 2.05) is 183 Å². The van der Waals surface area contributed by atoms with E-state index in [4.69, 9.17) is 28.4 Å². The number of methoxy groups -OCH3 is 5. The molecule has 1 unspecified atom stereocenters. The molecule has 8 fully saturated rings. The van der Waals surface area contributed by atoms with Crippen LogP contribution in [-0.4, -0.2) is 345 Å². The molecule has 8 rings (SSSR count). The van der Waals surface area contributed by atoms with Gasteiger partial charge in [0.1, 0.15) is 0 Å². The van der Waals surface area contributed by atoms with Gasteiger partial charge in [0.2, 0.25) is 0 Å². The molecular weight excluding hydrogens is 1570 g/mol. The molecule has 8 aliphatic rings. The lowest BCUT2D eigenvalue weighted by Crippen LogP contribution is -2.60. The van der Waals surface area contributed by atoms with Crippen LogP contribution >= 0.6 is 23.5 Å². The van der Waals surface area contributed by atoms with Crippen LogP contribution < -0.4 is 0 Å². The third kappa shape index (κ3) is 56.3. The maximum absolute atomic E-state index is 11.4. The number of ether oxygens (including phenoxy) is 6. The van der Waals surface area contributed by atoms with E-state index in [1.165, 1.54) is 50.3 Å². The molecule has 0 N–H and O–H groups in total. The number of piperidine rings is 3. The number of thioether (sulfide) groups is 2. The van der Waals surface area contributed by atoms with Gasteiger partial charge in [0.25, 0.3) is 0 Å². The van der Waals surface area contributed by atoms with Gasteiger partial charge in [0.15, 0.2) is 46.3 Å². The number of hydrogen-bond acceptors (Lipinski definition) is 24. The minimum Gasteiger partial charge on any atom is -0.384 e. The second kappa shape index (κ2) is 68.6. The molecule has 0 spiro atoms. The van der Waals surface area contributed by atoms with E-state index < -0.39 is 0 Å².